The monoisotopic (exact) mass is 360 g/mol. The van der Waals surface area contributed by atoms with Crippen LogP contribution in [0.15, 0.2) is 41.3 Å². The van der Waals surface area contributed by atoms with E-state index in [9.17, 15) is 9.59 Å². The van der Waals surface area contributed by atoms with Crippen LogP contribution in [0.2, 0.25) is 5.02 Å². The number of primary amides is 1. The number of benzene rings is 1. The molecule has 6 nitrogen and oxygen atoms in total. The molecule has 0 aliphatic rings. The van der Waals surface area contributed by atoms with Crippen molar-refractivity contribution >= 4 is 17.5 Å². The van der Waals surface area contributed by atoms with Gasteiger partial charge in [0.25, 0.3) is 5.56 Å². The largest absolute Gasteiger partial charge is 0.380 e. The molecule has 0 fully saturated rings. The van der Waals surface area contributed by atoms with Crippen molar-refractivity contribution in [1.82, 2.24) is 4.57 Å². The Kier molecular flexibility index (Phi) is 6.90. The Morgan fingerprint density at radius 1 is 1.36 bits per heavy atom. The van der Waals surface area contributed by atoms with Gasteiger partial charge >= 0.3 is 5.91 Å². The third kappa shape index (κ3) is 5.26. The van der Waals surface area contributed by atoms with Crippen molar-refractivity contribution in [3.8, 4) is 6.07 Å². The summed E-state index contributed by atoms with van der Waals surface area (Å²) in [4.78, 5) is 24.2. The van der Waals surface area contributed by atoms with E-state index in [2.05, 4.69) is 0 Å². The highest BCUT2D eigenvalue weighted by atomic mass is 35.5. The zero-order valence-electron chi connectivity index (χ0n) is 13.9. The highest BCUT2D eigenvalue weighted by Gasteiger charge is 2.13. The number of carbonyl (C=O) groups excluding carboxylic acids is 1. The lowest BCUT2D eigenvalue weighted by Gasteiger charge is -2.07. The summed E-state index contributed by atoms with van der Waals surface area (Å²) in [6.07, 6.45) is 1.54. The lowest BCUT2D eigenvalue weighted by Crippen LogP contribution is -2.86. The van der Waals surface area contributed by atoms with Gasteiger partial charge in [0, 0.05) is 31.0 Å². The van der Waals surface area contributed by atoms with E-state index in [1.807, 2.05) is 13.0 Å². The minimum atomic E-state index is -0.189. The number of pyridine rings is 1. The second-order valence-corrected chi connectivity index (χ2v) is 5.74. The van der Waals surface area contributed by atoms with Crippen molar-refractivity contribution in [2.45, 2.75) is 20.0 Å². The maximum absolute atomic E-state index is 12.3. The second kappa shape index (κ2) is 9.14. The molecule has 0 saturated heterocycles. The standard InChI is InChI=1S/C18H18ClN3O3/c1-2-25-8-7-22-12-15(5-6-17(22)23)18(24)21-11-14-4-3-13(10-20)9-16(14)19/h3-6,9,12H,2,7-8,11H2,1H3,(H,21,24)/p+1. The van der Waals surface area contributed by atoms with Crippen LogP contribution >= 0.6 is 11.6 Å². The molecule has 0 bridgehead atoms. The Hall–Kier alpha value is -2.46. The van der Waals surface area contributed by atoms with Gasteiger partial charge in [0.15, 0.2) is 0 Å². The van der Waals surface area contributed by atoms with Gasteiger partial charge in [0.1, 0.15) is 6.54 Å². The number of aromatic nitrogens is 1. The van der Waals surface area contributed by atoms with E-state index < -0.39 is 0 Å². The van der Waals surface area contributed by atoms with E-state index in [0.717, 1.165) is 5.56 Å². The number of halogens is 1. The second-order valence-electron chi connectivity index (χ2n) is 5.34. The fraction of sp³-hybridized carbons (Fsp3) is 0.278. The zero-order chi connectivity index (χ0) is 18.2. The number of nitrogens with zero attached hydrogens (tertiary/aromatic N) is 2. The van der Waals surface area contributed by atoms with E-state index in [1.54, 1.807) is 24.4 Å². The predicted octanol–water partition coefficient (Wildman–Crippen LogP) is 1.31. The summed E-state index contributed by atoms with van der Waals surface area (Å²) in [5, 5.41) is 10.8. The van der Waals surface area contributed by atoms with E-state index in [1.165, 1.54) is 22.0 Å². The fourth-order valence-electron chi connectivity index (χ4n) is 2.26. The van der Waals surface area contributed by atoms with Gasteiger partial charge in [-0.1, -0.05) is 17.7 Å². The summed E-state index contributed by atoms with van der Waals surface area (Å²) < 4.78 is 6.70. The SMILES string of the molecule is CCOCCn1cc(C(=O)[NH2+]Cc2ccc(C#N)cc2Cl)ccc1=O. The quantitative estimate of drug-likeness (QED) is 0.754. The smallest absolute Gasteiger partial charge is 0.344 e. The van der Waals surface area contributed by atoms with Crippen LogP contribution in [0.1, 0.15) is 28.4 Å². The molecule has 0 saturated carbocycles. The molecule has 25 heavy (non-hydrogen) atoms. The molecular weight excluding hydrogens is 342 g/mol. The van der Waals surface area contributed by atoms with E-state index in [0.29, 0.717) is 42.5 Å². The highest BCUT2D eigenvalue weighted by molar-refractivity contribution is 6.31. The third-order valence-electron chi connectivity index (χ3n) is 3.64. The first-order valence-electron chi connectivity index (χ1n) is 7.89. The summed E-state index contributed by atoms with van der Waals surface area (Å²) in [5.74, 6) is -0.189. The van der Waals surface area contributed by atoms with Crippen LogP contribution in [0.4, 0.5) is 0 Å². The Bertz CT molecular complexity index is 855. The predicted molar refractivity (Wildman–Crippen MR) is 93.3 cm³/mol. The van der Waals surface area contributed by atoms with Gasteiger partial charge in [-0.25, -0.2) is 4.79 Å². The molecule has 0 aliphatic heterocycles. The lowest BCUT2D eigenvalue weighted by atomic mass is 10.1. The van der Waals surface area contributed by atoms with Crippen molar-refractivity contribution in [3.05, 3.63) is 68.6 Å². The van der Waals surface area contributed by atoms with Crippen molar-refractivity contribution in [3.63, 3.8) is 0 Å². The fourth-order valence-corrected chi connectivity index (χ4v) is 2.52. The summed E-state index contributed by atoms with van der Waals surface area (Å²) in [6.45, 7) is 3.62. The van der Waals surface area contributed by atoms with Crippen LogP contribution in [0.5, 0.6) is 0 Å². The number of ether oxygens (including phenoxy) is 1. The van der Waals surface area contributed by atoms with Crippen LogP contribution in [0, 0.1) is 11.3 Å². The molecule has 1 aromatic heterocycles. The van der Waals surface area contributed by atoms with Crippen LogP contribution in [-0.4, -0.2) is 23.7 Å². The Morgan fingerprint density at radius 3 is 2.84 bits per heavy atom. The zero-order valence-corrected chi connectivity index (χ0v) is 14.6. The summed E-state index contributed by atoms with van der Waals surface area (Å²) >= 11 is 6.11. The molecule has 130 valence electrons. The van der Waals surface area contributed by atoms with Gasteiger partial charge in [0.05, 0.1) is 28.8 Å². The maximum Gasteiger partial charge on any atom is 0.344 e. The molecule has 7 heteroatoms. The van der Waals surface area contributed by atoms with Crippen molar-refractivity contribution in [2.24, 2.45) is 0 Å². The minimum Gasteiger partial charge on any atom is -0.380 e. The van der Waals surface area contributed by atoms with Crippen LogP contribution in [0.25, 0.3) is 0 Å². The number of hydrogen-bond acceptors (Lipinski definition) is 4. The lowest BCUT2D eigenvalue weighted by molar-refractivity contribution is -0.571. The molecule has 0 radical (unpaired) electrons. The van der Waals surface area contributed by atoms with Crippen molar-refractivity contribution < 1.29 is 14.8 Å². The highest BCUT2D eigenvalue weighted by Crippen LogP contribution is 2.16. The minimum absolute atomic E-state index is 0.175. The topological polar surface area (TPSA) is 88.7 Å². The molecule has 2 rings (SSSR count). The van der Waals surface area contributed by atoms with Gasteiger partial charge in [0.2, 0.25) is 0 Å². The van der Waals surface area contributed by atoms with Gasteiger partial charge in [-0.15, -0.1) is 0 Å². The van der Waals surface area contributed by atoms with Gasteiger partial charge < -0.3 is 9.30 Å². The molecule has 0 aliphatic carbocycles. The number of nitriles is 1. The average molecular weight is 361 g/mol. The molecule has 0 unspecified atom stereocenters. The molecule has 2 N–H and O–H groups in total. The third-order valence-corrected chi connectivity index (χ3v) is 3.99. The van der Waals surface area contributed by atoms with Crippen molar-refractivity contribution in [1.29, 1.82) is 5.26 Å². The first-order valence-corrected chi connectivity index (χ1v) is 8.27. The number of amides is 1. The van der Waals surface area contributed by atoms with Gasteiger partial charge in [-0.05, 0) is 25.1 Å². The first kappa shape index (κ1) is 18.9. The summed E-state index contributed by atoms with van der Waals surface area (Å²) in [7, 11) is 0. The average Bonchev–Trinajstić information content (AvgIpc) is 2.62. The number of hydrogen-bond donors (Lipinski definition) is 1. The molecule has 0 atom stereocenters. The maximum atomic E-state index is 12.3. The van der Waals surface area contributed by atoms with E-state index in [-0.39, 0.29) is 11.5 Å². The molecule has 1 aromatic carbocycles. The van der Waals surface area contributed by atoms with E-state index >= 15 is 0 Å². The number of rotatable bonds is 7. The Labute approximate surface area is 150 Å². The normalized spacial score (nSPS) is 10.4. The molecule has 0 spiro atoms. The van der Waals surface area contributed by atoms with Gasteiger partial charge in [-0.3, -0.25) is 10.1 Å². The molecule has 1 heterocycles. The molecule has 1 amide bonds. The summed E-state index contributed by atoms with van der Waals surface area (Å²) in [6, 6.07) is 9.87. The van der Waals surface area contributed by atoms with E-state index in [4.69, 9.17) is 21.6 Å². The van der Waals surface area contributed by atoms with Crippen molar-refractivity contribution in [2.75, 3.05) is 13.2 Å². The van der Waals surface area contributed by atoms with Crippen LogP contribution in [0.3, 0.4) is 0 Å². The number of nitrogens with two attached hydrogens (primary N) is 1. The Morgan fingerprint density at radius 2 is 2.16 bits per heavy atom. The Balaban J connectivity index is 2.04. The molecular formula is C18H19ClN3O3+. The number of quaternary nitrogens is 1. The molecule has 2 aromatic rings. The van der Waals surface area contributed by atoms with Crippen LogP contribution in [-0.2, 0) is 17.8 Å². The van der Waals surface area contributed by atoms with Crippen LogP contribution < -0.4 is 10.9 Å². The number of carbonyl (C=O) groups is 1. The summed E-state index contributed by atoms with van der Waals surface area (Å²) in [5.41, 5.74) is 1.49. The first-order chi connectivity index (χ1) is 12.0. The van der Waals surface area contributed by atoms with Gasteiger partial charge in [-0.2, -0.15) is 5.26 Å².